The number of hydrogen-bond donors (Lipinski definition) is 1. The molecule has 16 heavy (non-hydrogen) atoms. The van der Waals surface area contributed by atoms with Crippen LogP contribution in [0.2, 0.25) is 0 Å². The number of primary amides is 1. The van der Waals surface area contributed by atoms with E-state index in [-0.39, 0.29) is 11.8 Å². The van der Waals surface area contributed by atoms with E-state index < -0.39 is 0 Å². The van der Waals surface area contributed by atoms with Gasteiger partial charge in [-0.3, -0.25) is 4.79 Å². The summed E-state index contributed by atoms with van der Waals surface area (Å²) in [5.41, 5.74) is 5.86. The van der Waals surface area contributed by atoms with Gasteiger partial charge in [-0.25, -0.2) is 0 Å². The lowest BCUT2D eigenvalue weighted by atomic mass is 9.67. The number of nitrogens with zero attached hydrogens (tertiary/aromatic N) is 1. The van der Waals surface area contributed by atoms with E-state index in [1.165, 1.54) is 32.1 Å². The van der Waals surface area contributed by atoms with Crippen molar-refractivity contribution in [3.63, 3.8) is 0 Å². The van der Waals surface area contributed by atoms with Crippen molar-refractivity contribution in [1.82, 2.24) is 4.90 Å². The van der Waals surface area contributed by atoms with Gasteiger partial charge < -0.3 is 10.6 Å². The van der Waals surface area contributed by atoms with E-state index in [4.69, 9.17) is 5.73 Å². The summed E-state index contributed by atoms with van der Waals surface area (Å²) in [4.78, 5) is 13.9. The van der Waals surface area contributed by atoms with E-state index in [2.05, 4.69) is 18.9 Å². The Balaban J connectivity index is 2.18. The van der Waals surface area contributed by atoms with E-state index in [0.717, 1.165) is 13.0 Å². The number of rotatable bonds is 2. The van der Waals surface area contributed by atoms with Crippen LogP contribution in [0.3, 0.4) is 0 Å². The van der Waals surface area contributed by atoms with Crippen LogP contribution >= 0.6 is 0 Å². The molecule has 0 bridgehead atoms. The molecule has 2 fully saturated rings. The number of amides is 1. The standard InChI is InChI=1S/C13H24N2O/c1-13(7-4-3-5-8-13)11-10(12(14)16)6-9-15(11)2/h10-11H,3-9H2,1-2H3,(H2,14,16). The van der Waals surface area contributed by atoms with E-state index in [9.17, 15) is 4.79 Å². The molecule has 0 aromatic carbocycles. The zero-order valence-corrected chi connectivity index (χ0v) is 10.5. The minimum Gasteiger partial charge on any atom is -0.369 e. The molecule has 2 N–H and O–H groups in total. The molecule has 0 spiro atoms. The molecule has 1 saturated heterocycles. The van der Waals surface area contributed by atoms with Crippen molar-refractivity contribution < 1.29 is 4.79 Å². The van der Waals surface area contributed by atoms with Crippen molar-refractivity contribution in [3.05, 3.63) is 0 Å². The average molecular weight is 224 g/mol. The first-order valence-electron chi connectivity index (χ1n) is 6.54. The number of nitrogens with two attached hydrogens (primary N) is 1. The minimum absolute atomic E-state index is 0.0769. The van der Waals surface area contributed by atoms with Crippen molar-refractivity contribution in [1.29, 1.82) is 0 Å². The molecular weight excluding hydrogens is 200 g/mol. The van der Waals surface area contributed by atoms with Crippen LogP contribution in [0.25, 0.3) is 0 Å². The molecule has 2 aliphatic rings. The Morgan fingerprint density at radius 2 is 1.94 bits per heavy atom. The second kappa shape index (κ2) is 4.36. The molecule has 1 heterocycles. The third-order valence-electron chi connectivity index (χ3n) is 4.72. The highest BCUT2D eigenvalue weighted by atomic mass is 16.1. The molecule has 2 atom stereocenters. The SMILES string of the molecule is CN1CCC(C(N)=O)C1C1(C)CCCCC1. The van der Waals surface area contributed by atoms with Gasteiger partial charge in [-0.15, -0.1) is 0 Å². The third kappa shape index (κ3) is 1.97. The summed E-state index contributed by atoms with van der Waals surface area (Å²) in [6, 6.07) is 0.380. The largest absolute Gasteiger partial charge is 0.369 e. The first-order valence-corrected chi connectivity index (χ1v) is 6.54. The van der Waals surface area contributed by atoms with Gasteiger partial charge in [0.05, 0.1) is 5.92 Å². The summed E-state index contributed by atoms with van der Waals surface area (Å²) in [6.45, 7) is 3.38. The van der Waals surface area contributed by atoms with Crippen LogP contribution in [-0.4, -0.2) is 30.4 Å². The predicted octanol–water partition coefficient (Wildman–Crippen LogP) is 1.76. The Bertz CT molecular complexity index is 271. The normalized spacial score (nSPS) is 35.1. The number of carbonyl (C=O) groups excluding carboxylic acids is 1. The van der Waals surface area contributed by atoms with Gasteiger partial charge in [0, 0.05) is 6.04 Å². The van der Waals surface area contributed by atoms with Crippen LogP contribution < -0.4 is 5.73 Å². The lowest BCUT2D eigenvalue weighted by Gasteiger charge is -2.44. The van der Waals surface area contributed by atoms with E-state index in [1.807, 2.05) is 0 Å². The van der Waals surface area contributed by atoms with Crippen LogP contribution in [0.5, 0.6) is 0 Å². The topological polar surface area (TPSA) is 46.3 Å². The van der Waals surface area contributed by atoms with E-state index >= 15 is 0 Å². The Labute approximate surface area is 98.4 Å². The quantitative estimate of drug-likeness (QED) is 0.777. The molecule has 0 radical (unpaired) electrons. The molecule has 0 aromatic heterocycles. The maximum atomic E-state index is 11.5. The van der Waals surface area contributed by atoms with Gasteiger partial charge in [-0.2, -0.15) is 0 Å². The second-order valence-corrected chi connectivity index (χ2v) is 5.94. The second-order valence-electron chi connectivity index (χ2n) is 5.94. The number of carbonyl (C=O) groups is 1. The third-order valence-corrected chi connectivity index (χ3v) is 4.72. The summed E-state index contributed by atoms with van der Waals surface area (Å²) in [6.07, 6.45) is 7.44. The van der Waals surface area contributed by atoms with E-state index in [1.54, 1.807) is 0 Å². The Morgan fingerprint density at radius 3 is 2.50 bits per heavy atom. The fourth-order valence-corrected chi connectivity index (χ4v) is 3.92. The van der Waals surface area contributed by atoms with Gasteiger partial charge in [-0.1, -0.05) is 26.2 Å². The maximum Gasteiger partial charge on any atom is 0.222 e. The monoisotopic (exact) mass is 224 g/mol. The molecule has 92 valence electrons. The van der Waals surface area contributed by atoms with Crippen molar-refractivity contribution in [2.45, 2.75) is 51.5 Å². The van der Waals surface area contributed by atoms with Gasteiger partial charge in [0.25, 0.3) is 0 Å². The Kier molecular flexibility index (Phi) is 3.24. The highest BCUT2D eigenvalue weighted by molar-refractivity contribution is 5.78. The van der Waals surface area contributed by atoms with Gasteiger partial charge in [-0.05, 0) is 38.3 Å². The molecular formula is C13H24N2O. The van der Waals surface area contributed by atoms with Crippen molar-refractivity contribution in [2.24, 2.45) is 17.1 Å². The lowest BCUT2D eigenvalue weighted by Crippen LogP contribution is -2.48. The molecule has 2 unspecified atom stereocenters. The molecule has 1 aliphatic heterocycles. The first kappa shape index (κ1) is 11.9. The fourth-order valence-electron chi connectivity index (χ4n) is 3.92. The van der Waals surface area contributed by atoms with Crippen molar-refractivity contribution >= 4 is 5.91 Å². The molecule has 1 amide bonds. The molecule has 3 heteroatoms. The minimum atomic E-state index is -0.0962. The molecule has 3 nitrogen and oxygen atoms in total. The predicted molar refractivity (Wildman–Crippen MR) is 64.9 cm³/mol. The molecule has 2 rings (SSSR count). The molecule has 1 saturated carbocycles. The summed E-state index contributed by atoms with van der Waals surface area (Å²) < 4.78 is 0. The smallest absolute Gasteiger partial charge is 0.222 e. The van der Waals surface area contributed by atoms with E-state index in [0.29, 0.717) is 11.5 Å². The van der Waals surface area contributed by atoms with Gasteiger partial charge in [0.15, 0.2) is 0 Å². The fraction of sp³-hybridized carbons (Fsp3) is 0.923. The van der Waals surface area contributed by atoms with Gasteiger partial charge >= 0.3 is 0 Å². The summed E-state index contributed by atoms with van der Waals surface area (Å²) in [7, 11) is 2.15. The average Bonchev–Trinajstić information content (AvgIpc) is 2.62. The molecule has 0 aromatic rings. The lowest BCUT2D eigenvalue weighted by molar-refractivity contribution is -0.124. The zero-order valence-electron chi connectivity index (χ0n) is 10.5. The van der Waals surface area contributed by atoms with Crippen molar-refractivity contribution in [2.75, 3.05) is 13.6 Å². The van der Waals surface area contributed by atoms with Crippen LogP contribution in [0.4, 0.5) is 0 Å². The van der Waals surface area contributed by atoms with Gasteiger partial charge in [0.2, 0.25) is 5.91 Å². The van der Waals surface area contributed by atoms with Crippen molar-refractivity contribution in [3.8, 4) is 0 Å². The molecule has 1 aliphatic carbocycles. The number of likely N-dealkylation sites (tertiary alicyclic amines) is 1. The van der Waals surface area contributed by atoms with Crippen LogP contribution in [0, 0.1) is 11.3 Å². The van der Waals surface area contributed by atoms with Crippen LogP contribution in [0.15, 0.2) is 0 Å². The number of hydrogen-bond acceptors (Lipinski definition) is 2. The maximum absolute atomic E-state index is 11.5. The Hall–Kier alpha value is -0.570. The summed E-state index contributed by atoms with van der Waals surface area (Å²) >= 11 is 0. The highest BCUT2D eigenvalue weighted by Crippen LogP contribution is 2.46. The van der Waals surface area contributed by atoms with Crippen LogP contribution in [0.1, 0.15) is 45.4 Å². The summed E-state index contributed by atoms with van der Waals surface area (Å²) in [5.74, 6) is -0.0192. The zero-order chi connectivity index (χ0) is 11.8. The Morgan fingerprint density at radius 1 is 1.31 bits per heavy atom. The van der Waals surface area contributed by atoms with Crippen LogP contribution in [-0.2, 0) is 4.79 Å². The van der Waals surface area contributed by atoms with Gasteiger partial charge in [0.1, 0.15) is 0 Å². The summed E-state index contributed by atoms with van der Waals surface area (Å²) in [5, 5.41) is 0. The highest BCUT2D eigenvalue weighted by Gasteiger charge is 2.47. The first-order chi connectivity index (χ1) is 7.54.